The van der Waals surface area contributed by atoms with Crippen molar-refractivity contribution in [2.75, 3.05) is 6.61 Å². The van der Waals surface area contributed by atoms with E-state index in [1.54, 1.807) is 0 Å². The molecule has 6 nitrogen and oxygen atoms in total. The molecular weight excluding hydrogens is 439 g/mol. The van der Waals surface area contributed by atoms with E-state index in [2.05, 4.69) is 6.92 Å². The smallest absolute Gasteiger partial charge is 0.416 e. The first kappa shape index (κ1) is 24.5. The minimum Gasteiger partial charge on any atom is -0.462 e. The molecular formula is C21H21ClF3NO5. The van der Waals surface area contributed by atoms with E-state index in [0.717, 1.165) is 49.9 Å². The third kappa shape index (κ3) is 7.13. The Morgan fingerprint density at radius 3 is 2.42 bits per heavy atom. The van der Waals surface area contributed by atoms with Crippen LogP contribution in [-0.2, 0) is 10.9 Å². The van der Waals surface area contributed by atoms with Gasteiger partial charge in [0.2, 0.25) is 0 Å². The fourth-order valence-electron chi connectivity index (χ4n) is 2.74. The second-order valence-electron chi connectivity index (χ2n) is 6.73. The van der Waals surface area contributed by atoms with Crippen LogP contribution in [0.5, 0.6) is 11.5 Å². The fraction of sp³-hybridized carbons (Fsp3) is 0.381. The van der Waals surface area contributed by atoms with Crippen LogP contribution in [0, 0.1) is 10.1 Å². The van der Waals surface area contributed by atoms with Gasteiger partial charge in [-0.2, -0.15) is 13.2 Å². The average Bonchev–Trinajstić information content (AvgIpc) is 2.71. The van der Waals surface area contributed by atoms with Crippen LogP contribution in [0.2, 0.25) is 5.02 Å². The monoisotopic (exact) mass is 459 g/mol. The maximum atomic E-state index is 12.8. The van der Waals surface area contributed by atoms with Gasteiger partial charge in [-0.15, -0.1) is 0 Å². The summed E-state index contributed by atoms with van der Waals surface area (Å²) in [5, 5.41) is 11.0. The van der Waals surface area contributed by atoms with Gasteiger partial charge in [-0.05, 0) is 30.7 Å². The Bertz CT molecular complexity index is 934. The number of hydrogen-bond acceptors (Lipinski definition) is 5. The topological polar surface area (TPSA) is 78.7 Å². The number of carbonyl (C=O) groups is 1. The standard InChI is InChI=1S/C21H21ClF3NO5/c1-2-3-4-5-6-11-30-20(27)16-13-15(8-9-18(16)26(28)29)31-19-10-7-14(12-17(19)22)21(23,24)25/h7-10,12-13H,2-6,11H2,1H3. The zero-order chi connectivity index (χ0) is 23.0. The molecule has 0 unspecified atom stereocenters. The van der Waals surface area contributed by atoms with Crippen molar-refractivity contribution in [3.8, 4) is 11.5 Å². The number of nitro benzene ring substituents is 1. The van der Waals surface area contributed by atoms with Crippen molar-refractivity contribution in [1.29, 1.82) is 0 Å². The Kier molecular flexibility index (Phi) is 8.67. The molecule has 31 heavy (non-hydrogen) atoms. The molecule has 2 aromatic carbocycles. The lowest BCUT2D eigenvalue weighted by molar-refractivity contribution is -0.385. The van der Waals surface area contributed by atoms with Gasteiger partial charge in [-0.1, -0.05) is 44.2 Å². The molecule has 0 amide bonds. The summed E-state index contributed by atoms with van der Waals surface area (Å²) in [4.78, 5) is 22.9. The molecule has 0 aliphatic heterocycles. The van der Waals surface area contributed by atoms with Gasteiger partial charge in [-0.25, -0.2) is 4.79 Å². The van der Waals surface area contributed by atoms with Gasteiger partial charge in [0.25, 0.3) is 5.69 Å². The number of esters is 1. The molecule has 0 saturated heterocycles. The van der Waals surface area contributed by atoms with Crippen molar-refractivity contribution in [3.05, 3.63) is 62.7 Å². The Hall–Kier alpha value is -2.81. The normalized spacial score (nSPS) is 11.3. The molecule has 2 aromatic rings. The van der Waals surface area contributed by atoms with Crippen LogP contribution in [0.25, 0.3) is 0 Å². The molecule has 0 atom stereocenters. The van der Waals surface area contributed by atoms with E-state index in [4.69, 9.17) is 21.1 Å². The molecule has 0 heterocycles. The molecule has 0 aliphatic carbocycles. The fourth-order valence-corrected chi connectivity index (χ4v) is 2.96. The summed E-state index contributed by atoms with van der Waals surface area (Å²) < 4.78 is 48.9. The number of alkyl halides is 3. The lowest BCUT2D eigenvalue weighted by Gasteiger charge is -2.12. The molecule has 0 fully saturated rings. The van der Waals surface area contributed by atoms with Crippen molar-refractivity contribution in [3.63, 3.8) is 0 Å². The summed E-state index contributed by atoms with van der Waals surface area (Å²) in [5.41, 5.74) is -1.74. The number of halogens is 4. The van der Waals surface area contributed by atoms with E-state index in [1.807, 2.05) is 0 Å². The predicted molar refractivity (Wildman–Crippen MR) is 109 cm³/mol. The molecule has 0 spiro atoms. The van der Waals surface area contributed by atoms with Crippen LogP contribution < -0.4 is 4.74 Å². The highest BCUT2D eigenvalue weighted by Crippen LogP contribution is 2.37. The molecule has 0 saturated carbocycles. The maximum Gasteiger partial charge on any atom is 0.416 e. The van der Waals surface area contributed by atoms with Gasteiger partial charge < -0.3 is 9.47 Å². The van der Waals surface area contributed by atoms with Gasteiger partial charge in [0.05, 0.1) is 22.1 Å². The number of rotatable bonds is 10. The van der Waals surface area contributed by atoms with E-state index in [0.29, 0.717) is 12.5 Å². The predicted octanol–water partition coefficient (Wildman–Crippen LogP) is 7.19. The molecule has 10 heteroatoms. The molecule has 2 rings (SSSR count). The molecule has 168 valence electrons. The Morgan fingerprint density at radius 1 is 1.10 bits per heavy atom. The summed E-state index contributed by atoms with van der Waals surface area (Å²) in [7, 11) is 0. The van der Waals surface area contributed by atoms with Gasteiger partial charge >= 0.3 is 12.1 Å². The van der Waals surface area contributed by atoms with E-state index >= 15 is 0 Å². The average molecular weight is 460 g/mol. The van der Waals surface area contributed by atoms with Crippen LogP contribution in [0.1, 0.15) is 54.9 Å². The van der Waals surface area contributed by atoms with Crippen molar-refractivity contribution in [1.82, 2.24) is 0 Å². The Morgan fingerprint density at radius 2 is 1.81 bits per heavy atom. The first-order valence-electron chi connectivity index (χ1n) is 9.63. The number of benzene rings is 2. The molecule has 0 radical (unpaired) electrons. The number of nitro groups is 1. The highest BCUT2D eigenvalue weighted by Gasteiger charge is 2.31. The summed E-state index contributed by atoms with van der Waals surface area (Å²) in [6, 6.07) is 5.90. The van der Waals surface area contributed by atoms with Gasteiger partial charge in [0.1, 0.15) is 17.1 Å². The highest BCUT2D eigenvalue weighted by atomic mass is 35.5. The zero-order valence-electron chi connectivity index (χ0n) is 16.7. The van der Waals surface area contributed by atoms with Gasteiger partial charge in [-0.3, -0.25) is 10.1 Å². The van der Waals surface area contributed by atoms with Crippen molar-refractivity contribution < 1.29 is 32.4 Å². The molecule has 0 bridgehead atoms. The second-order valence-corrected chi connectivity index (χ2v) is 7.14. The van der Waals surface area contributed by atoms with E-state index in [9.17, 15) is 28.1 Å². The maximum absolute atomic E-state index is 12.8. The van der Waals surface area contributed by atoms with E-state index in [-0.39, 0.29) is 28.7 Å². The first-order chi connectivity index (χ1) is 14.6. The number of ether oxygens (including phenoxy) is 2. The highest BCUT2D eigenvalue weighted by molar-refractivity contribution is 6.32. The SMILES string of the molecule is CCCCCCCOC(=O)c1cc(Oc2ccc(C(F)(F)F)cc2Cl)ccc1[N+](=O)[O-]. The molecule has 0 aliphatic rings. The van der Waals surface area contributed by atoms with Crippen LogP contribution in [0.4, 0.5) is 18.9 Å². The van der Waals surface area contributed by atoms with Crippen molar-refractivity contribution in [2.45, 2.75) is 45.2 Å². The number of nitrogens with zero attached hydrogens (tertiary/aromatic N) is 1. The van der Waals surface area contributed by atoms with Gasteiger partial charge in [0, 0.05) is 12.1 Å². The quantitative estimate of drug-likeness (QED) is 0.163. The van der Waals surface area contributed by atoms with E-state index in [1.165, 1.54) is 6.07 Å². The summed E-state index contributed by atoms with van der Waals surface area (Å²) in [6.45, 7) is 2.20. The van der Waals surface area contributed by atoms with Crippen LogP contribution in [0.15, 0.2) is 36.4 Å². The summed E-state index contributed by atoms with van der Waals surface area (Å²) in [6.07, 6.45) is 0.0944. The van der Waals surface area contributed by atoms with Crippen LogP contribution >= 0.6 is 11.6 Å². The lowest BCUT2D eigenvalue weighted by atomic mass is 10.1. The summed E-state index contributed by atoms with van der Waals surface area (Å²) >= 11 is 5.87. The Labute approximate surface area is 182 Å². The molecule has 0 N–H and O–H groups in total. The van der Waals surface area contributed by atoms with Crippen LogP contribution in [0.3, 0.4) is 0 Å². The molecule has 0 aromatic heterocycles. The minimum atomic E-state index is -4.57. The second kappa shape index (κ2) is 11.0. The third-order valence-electron chi connectivity index (χ3n) is 4.35. The lowest BCUT2D eigenvalue weighted by Crippen LogP contribution is -2.09. The van der Waals surface area contributed by atoms with E-state index < -0.39 is 28.3 Å². The number of carbonyl (C=O) groups excluding carboxylic acids is 1. The largest absolute Gasteiger partial charge is 0.462 e. The zero-order valence-corrected chi connectivity index (χ0v) is 17.5. The third-order valence-corrected chi connectivity index (χ3v) is 4.65. The number of hydrogen-bond donors (Lipinski definition) is 0. The van der Waals surface area contributed by atoms with Gasteiger partial charge in [0.15, 0.2) is 0 Å². The van der Waals surface area contributed by atoms with Crippen molar-refractivity contribution >= 4 is 23.3 Å². The summed E-state index contributed by atoms with van der Waals surface area (Å²) in [5.74, 6) is -0.993. The van der Waals surface area contributed by atoms with Crippen molar-refractivity contribution in [2.24, 2.45) is 0 Å². The minimum absolute atomic E-state index is 0.0119. The Balaban J connectivity index is 2.16. The van der Waals surface area contributed by atoms with Crippen LogP contribution in [-0.4, -0.2) is 17.5 Å². The number of unbranched alkanes of at least 4 members (excludes halogenated alkanes) is 4. The first-order valence-corrected chi connectivity index (χ1v) is 10.0.